The first-order chi connectivity index (χ1) is 19.0. The second-order valence-electron chi connectivity index (χ2n) is 8.88. The highest BCUT2D eigenvalue weighted by atomic mass is 35.5. The van der Waals surface area contributed by atoms with Crippen molar-refractivity contribution in [1.82, 2.24) is 9.55 Å². The Hall–Kier alpha value is -2.90. The molecule has 2 fully saturated rings. The van der Waals surface area contributed by atoms with Gasteiger partial charge in [0.1, 0.15) is 18.5 Å². The number of hydrogen-bond acceptors (Lipinski definition) is 10. The molecule has 12 nitrogen and oxygen atoms in total. The summed E-state index contributed by atoms with van der Waals surface area (Å²) in [7, 11) is -4.01. The number of aromatic nitrogens is 2. The maximum absolute atomic E-state index is 15.4. The molecule has 1 aromatic heterocycles. The van der Waals surface area contributed by atoms with Gasteiger partial charge in [0.2, 0.25) is 6.23 Å². The van der Waals surface area contributed by atoms with Gasteiger partial charge in [0, 0.05) is 30.5 Å². The quantitative estimate of drug-likeness (QED) is 0.321. The highest BCUT2D eigenvalue weighted by Crippen LogP contribution is 2.55. The van der Waals surface area contributed by atoms with Gasteiger partial charge in [-0.2, -0.15) is 13.8 Å². The minimum atomic E-state index is -4.01. The van der Waals surface area contributed by atoms with Crippen LogP contribution in [0.25, 0.3) is 0 Å². The molecule has 0 spiro atoms. The van der Waals surface area contributed by atoms with Gasteiger partial charge in [-0.1, -0.05) is 37.6 Å². The van der Waals surface area contributed by atoms with E-state index in [0.717, 1.165) is 12.3 Å². The molecule has 2 saturated heterocycles. The number of nitrogens with zero attached hydrogens (tertiary/aromatic N) is 2. The van der Waals surface area contributed by atoms with Crippen LogP contribution in [0.1, 0.15) is 51.0 Å². The monoisotopic (exact) mass is 605 g/mol. The lowest BCUT2D eigenvalue weighted by Crippen LogP contribution is -2.44. The number of nitrogens with one attached hydrogen (secondary N) is 1. The van der Waals surface area contributed by atoms with Crippen molar-refractivity contribution in [3.63, 3.8) is 0 Å². The van der Waals surface area contributed by atoms with Crippen LogP contribution < -0.4 is 10.8 Å². The molecule has 0 amide bonds. The Bertz CT molecular complexity index is 1360. The number of halogens is 3. The molecule has 1 N–H and O–H groups in total. The average molecular weight is 606 g/mol. The molecule has 1 aromatic carbocycles. The molecule has 4 rings (SSSR count). The molecular weight excluding hydrogens is 579 g/mol. The van der Waals surface area contributed by atoms with E-state index < -0.39 is 62.4 Å². The standard InChI is InChI=1S/C24H27ClF2N3O9P/c1-3-19(31)35-13-17-21(38-20(32)4-2)24(26,27)22(37-17)30-10-8-18(28-23(30)33)29-40(34)36-11-9-16(39-40)14-6-5-7-15(25)12-14/h5-8,10,12,16-17,21-22H,3-4,9,11,13H2,1-2H3,(H,28,29,33,34). The summed E-state index contributed by atoms with van der Waals surface area (Å²) in [6, 6.07) is 7.89. The van der Waals surface area contributed by atoms with Gasteiger partial charge < -0.3 is 14.2 Å². The molecule has 218 valence electrons. The van der Waals surface area contributed by atoms with Crippen molar-refractivity contribution in [2.45, 2.75) is 63.6 Å². The molecule has 5 atom stereocenters. The Morgan fingerprint density at radius 3 is 2.67 bits per heavy atom. The fourth-order valence-electron chi connectivity index (χ4n) is 4.07. The van der Waals surface area contributed by atoms with E-state index in [4.69, 9.17) is 34.9 Å². The van der Waals surface area contributed by atoms with E-state index in [1.807, 2.05) is 0 Å². The number of benzene rings is 1. The third kappa shape index (κ3) is 6.69. The fraction of sp³-hybridized carbons (Fsp3) is 0.500. The van der Waals surface area contributed by atoms with Gasteiger partial charge >= 0.3 is 31.3 Å². The van der Waals surface area contributed by atoms with Crippen LogP contribution in [-0.2, 0) is 37.4 Å². The third-order valence-electron chi connectivity index (χ3n) is 6.06. The summed E-state index contributed by atoms with van der Waals surface area (Å²) in [5, 5.41) is 2.90. The Labute approximate surface area is 232 Å². The minimum Gasteiger partial charge on any atom is -0.463 e. The van der Waals surface area contributed by atoms with Crippen molar-refractivity contribution in [2.75, 3.05) is 18.3 Å². The number of alkyl halides is 2. The number of esters is 2. The fourth-order valence-corrected chi connectivity index (χ4v) is 5.76. The highest BCUT2D eigenvalue weighted by Gasteiger charge is 2.62. The zero-order chi connectivity index (χ0) is 29.1. The second-order valence-corrected chi connectivity index (χ2v) is 11.0. The van der Waals surface area contributed by atoms with Crippen LogP contribution in [0, 0.1) is 0 Å². The van der Waals surface area contributed by atoms with Crippen LogP contribution in [0.3, 0.4) is 0 Å². The van der Waals surface area contributed by atoms with E-state index in [1.54, 1.807) is 24.3 Å². The van der Waals surface area contributed by atoms with Crippen molar-refractivity contribution < 1.29 is 46.2 Å². The van der Waals surface area contributed by atoms with E-state index >= 15 is 8.78 Å². The van der Waals surface area contributed by atoms with Gasteiger partial charge in [-0.05, 0) is 23.8 Å². The largest absolute Gasteiger partial charge is 0.463 e. The van der Waals surface area contributed by atoms with E-state index in [0.29, 0.717) is 21.6 Å². The predicted octanol–water partition coefficient (Wildman–Crippen LogP) is 4.40. The SMILES string of the molecule is CCC(=O)OCC1OC(n2ccc(NP3(=O)OCCC(c4cccc(Cl)c4)O3)nc2=O)C(F)(F)C1OC(=O)CC. The van der Waals surface area contributed by atoms with Crippen molar-refractivity contribution in [2.24, 2.45) is 0 Å². The Morgan fingerprint density at radius 2 is 2.00 bits per heavy atom. The van der Waals surface area contributed by atoms with Gasteiger partial charge in [-0.15, -0.1) is 0 Å². The third-order valence-corrected chi connectivity index (χ3v) is 7.85. The minimum absolute atomic E-state index is 0.0130. The molecule has 16 heteroatoms. The molecule has 2 aromatic rings. The predicted molar refractivity (Wildman–Crippen MR) is 136 cm³/mol. The lowest BCUT2D eigenvalue weighted by Gasteiger charge is -2.30. The molecule has 0 aliphatic carbocycles. The zero-order valence-corrected chi connectivity index (χ0v) is 23.1. The van der Waals surface area contributed by atoms with Crippen LogP contribution in [0.4, 0.5) is 14.6 Å². The molecule has 3 heterocycles. The van der Waals surface area contributed by atoms with E-state index in [1.165, 1.54) is 13.8 Å². The summed E-state index contributed by atoms with van der Waals surface area (Å²) in [5.41, 5.74) is -0.532. The van der Waals surface area contributed by atoms with Crippen molar-refractivity contribution in [1.29, 1.82) is 0 Å². The van der Waals surface area contributed by atoms with Crippen molar-refractivity contribution in [3.8, 4) is 0 Å². The summed E-state index contributed by atoms with van der Waals surface area (Å²) < 4.78 is 70.7. The van der Waals surface area contributed by atoms with Gasteiger partial charge in [-0.25, -0.2) is 9.36 Å². The first kappa shape index (κ1) is 30.1. The number of anilines is 1. The molecule has 0 radical (unpaired) electrons. The summed E-state index contributed by atoms with van der Waals surface area (Å²) in [4.78, 5) is 39.9. The molecular formula is C24H27ClF2N3O9P. The number of hydrogen-bond donors (Lipinski definition) is 1. The van der Waals surface area contributed by atoms with Crippen LogP contribution in [-0.4, -0.2) is 52.8 Å². The van der Waals surface area contributed by atoms with Gasteiger partial charge in [0.05, 0.1) is 12.7 Å². The second kappa shape index (κ2) is 12.3. The summed E-state index contributed by atoms with van der Waals surface area (Å²) in [6.07, 6.45) is -5.44. The van der Waals surface area contributed by atoms with E-state index in [-0.39, 0.29) is 25.3 Å². The Morgan fingerprint density at radius 1 is 1.25 bits per heavy atom. The molecule has 2 aliphatic rings. The maximum Gasteiger partial charge on any atom is 0.434 e. The Balaban J connectivity index is 1.53. The zero-order valence-electron chi connectivity index (χ0n) is 21.5. The number of rotatable bonds is 9. The summed E-state index contributed by atoms with van der Waals surface area (Å²) in [6.45, 7) is 2.36. The topological polar surface area (TPSA) is 144 Å². The number of carbonyl (C=O) groups is 2. The number of carbonyl (C=O) groups excluding carboxylic acids is 2. The average Bonchev–Trinajstić information content (AvgIpc) is 3.16. The van der Waals surface area contributed by atoms with Gasteiger partial charge in [0.25, 0.3) is 0 Å². The lowest BCUT2D eigenvalue weighted by atomic mass is 10.1. The normalized spacial score (nSPS) is 27.6. The Kier molecular flexibility index (Phi) is 9.26. The highest BCUT2D eigenvalue weighted by molar-refractivity contribution is 7.55. The molecule has 5 unspecified atom stereocenters. The smallest absolute Gasteiger partial charge is 0.434 e. The van der Waals surface area contributed by atoms with Gasteiger partial charge in [-0.3, -0.25) is 28.3 Å². The first-order valence-corrected chi connectivity index (χ1v) is 14.3. The maximum atomic E-state index is 15.4. The molecule has 0 bridgehead atoms. The summed E-state index contributed by atoms with van der Waals surface area (Å²) >= 11 is 6.03. The van der Waals surface area contributed by atoms with E-state index in [2.05, 4.69) is 10.1 Å². The van der Waals surface area contributed by atoms with E-state index in [9.17, 15) is 18.9 Å². The lowest BCUT2D eigenvalue weighted by molar-refractivity contribution is -0.176. The van der Waals surface area contributed by atoms with Gasteiger partial charge in [0.15, 0.2) is 6.10 Å². The molecule has 40 heavy (non-hydrogen) atoms. The van der Waals surface area contributed by atoms with Crippen LogP contribution in [0.15, 0.2) is 41.3 Å². The van der Waals surface area contributed by atoms with Crippen molar-refractivity contribution in [3.05, 3.63) is 57.6 Å². The van der Waals surface area contributed by atoms with Crippen LogP contribution in [0.5, 0.6) is 0 Å². The first-order valence-electron chi connectivity index (χ1n) is 12.4. The van der Waals surface area contributed by atoms with Crippen LogP contribution in [0.2, 0.25) is 5.02 Å². The molecule has 2 aliphatic heterocycles. The van der Waals surface area contributed by atoms with Crippen LogP contribution >= 0.6 is 19.3 Å². The van der Waals surface area contributed by atoms with Crippen molar-refractivity contribution >= 4 is 37.1 Å². The number of ether oxygens (including phenoxy) is 3. The molecule has 0 saturated carbocycles. The summed E-state index contributed by atoms with van der Waals surface area (Å²) in [5.74, 6) is -5.77.